The Balaban J connectivity index is 1.59. The molecule has 1 aliphatic rings. The van der Waals surface area contributed by atoms with E-state index >= 15 is 0 Å². The van der Waals surface area contributed by atoms with Crippen LogP contribution in [0.2, 0.25) is 0 Å². The first kappa shape index (κ1) is 15.4. The maximum atomic E-state index is 12.2. The topological polar surface area (TPSA) is 62.3 Å². The Morgan fingerprint density at radius 3 is 2.82 bits per heavy atom. The van der Waals surface area contributed by atoms with Gasteiger partial charge in [0.15, 0.2) is 0 Å². The Kier molecular flexibility index (Phi) is 4.42. The molecule has 118 valence electrons. The van der Waals surface area contributed by atoms with E-state index in [4.69, 9.17) is 0 Å². The highest BCUT2D eigenvalue weighted by Gasteiger charge is 2.29. The van der Waals surface area contributed by atoms with Crippen LogP contribution in [0.3, 0.4) is 0 Å². The van der Waals surface area contributed by atoms with E-state index in [1.165, 1.54) is 4.31 Å². The van der Waals surface area contributed by atoms with Gasteiger partial charge in [0, 0.05) is 31.2 Å². The molecular weight excluding hydrogens is 298 g/mol. The van der Waals surface area contributed by atoms with Gasteiger partial charge >= 0.3 is 0 Å². The zero-order valence-electron chi connectivity index (χ0n) is 12.7. The van der Waals surface area contributed by atoms with E-state index in [2.05, 4.69) is 15.8 Å². The second-order valence-electron chi connectivity index (χ2n) is 5.79. The molecule has 0 spiro atoms. The lowest BCUT2D eigenvalue weighted by molar-refractivity contribution is 0.247. The lowest BCUT2D eigenvalue weighted by Crippen LogP contribution is -2.47. The van der Waals surface area contributed by atoms with Crippen LogP contribution in [0.15, 0.2) is 36.5 Å². The van der Waals surface area contributed by atoms with Crippen LogP contribution in [0.25, 0.3) is 10.9 Å². The molecule has 1 saturated carbocycles. The molecular formula is C16H21N3O2S. The average Bonchev–Trinajstić information content (AvgIpc) is 2.45. The molecule has 0 aliphatic heterocycles. The third kappa shape index (κ3) is 3.29. The van der Waals surface area contributed by atoms with Crippen LogP contribution in [-0.4, -0.2) is 37.3 Å². The third-order valence-corrected chi connectivity index (χ3v) is 5.94. The van der Waals surface area contributed by atoms with Gasteiger partial charge in [-0.25, -0.2) is 4.72 Å². The highest BCUT2D eigenvalue weighted by molar-refractivity contribution is 7.87. The molecule has 22 heavy (non-hydrogen) atoms. The molecule has 0 amide bonds. The van der Waals surface area contributed by atoms with Gasteiger partial charge < -0.3 is 0 Å². The molecule has 5 nitrogen and oxygen atoms in total. The number of hydrogen-bond donors (Lipinski definition) is 1. The number of aromatic nitrogens is 1. The van der Waals surface area contributed by atoms with Gasteiger partial charge in [-0.1, -0.05) is 24.6 Å². The largest absolute Gasteiger partial charge is 0.279 e. The van der Waals surface area contributed by atoms with Crippen LogP contribution in [0.4, 0.5) is 0 Å². The van der Waals surface area contributed by atoms with Crippen LogP contribution in [0.1, 0.15) is 24.8 Å². The predicted molar refractivity (Wildman–Crippen MR) is 87.8 cm³/mol. The Labute approximate surface area is 131 Å². The summed E-state index contributed by atoms with van der Waals surface area (Å²) < 4.78 is 28.5. The van der Waals surface area contributed by atoms with Gasteiger partial charge in [0.1, 0.15) is 0 Å². The second kappa shape index (κ2) is 6.32. The summed E-state index contributed by atoms with van der Waals surface area (Å²) in [4.78, 5) is 4.39. The lowest BCUT2D eigenvalue weighted by atomic mass is 9.94. The fourth-order valence-electron chi connectivity index (χ4n) is 2.63. The highest BCUT2D eigenvalue weighted by atomic mass is 32.2. The van der Waals surface area contributed by atoms with Crippen LogP contribution in [0, 0.1) is 0 Å². The maximum Gasteiger partial charge on any atom is 0.279 e. The highest BCUT2D eigenvalue weighted by Crippen LogP contribution is 2.25. The first-order valence-electron chi connectivity index (χ1n) is 7.62. The number of rotatable bonds is 6. The average molecular weight is 319 g/mol. The molecule has 3 rings (SSSR count). The van der Waals surface area contributed by atoms with Gasteiger partial charge in [-0.15, -0.1) is 0 Å². The molecule has 0 unspecified atom stereocenters. The molecule has 6 heteroatoms. The summed E-state index contributed by atoms with van der Waals surface area (Å²) in [5.41, 5.74) is 1.99. The standard InChI is InChI=1S/C16H21N3O2S/c1-19(15-6-4-7-15)22(20,21)18-10-9-13-11-14-5-2-3-8-16(14)17-12-13/h2-3,5,8,11-12,15,18H,4,6-7,9-10H2,1H3. The van der Waals surface area contributed by atoms with Gasteiger partial charge in [0.25, 0.3) is 10.2 Å². The fraction of sp³-hybridized carbons (Fsp3) is 0.438. The van der Waals surface area contributed by atoms with E-state index in [0.717, 1.165) is 35.7 Å². The molecule has 0 atom stereocenters. The van der Waals surface area contributed by atoms with E-state index in [0.29, 0.717) is 13.0 Å². The van der Waals surface area contributed by atoms with Crippen molar-refractivity contribution in [2.45, 2.75) is 31.7 Å². The molecule has 1 aliphatic carbocycles. The number of pyridine rings is 1. The SMILES string of the molecule is CN(C1CCC1)S(=O)(=O)NCCc1cnc2ccccc2c1. The number of para-hydroxylation sites is 1. The van der Waals surface area contributed by atoms with Crippen LogP contribution in [0.5, 0.6) is 0 Å². The number of benzene rings is 1. The van der Waals surface area contributed by atoms with E-state index in [1.54, 1.807) is 7.05 Å². The zero-order valence-corrected chi connectivity index (χ0v) is 13.5. The van der Waals surface area contributed by atoms with E-state index < -0.39 is 10.2 Å². The number of hydrogen-bond acceptors (Lipinski definition) is 3. The summed E-state index contributed by atoms with van der Waals surface area (Å²) in [5, 5.41) is 1.08. The number of fused-ring (bicyclic) bond motifs is 1. The zero-order chi connectivity index (χ0) is 15.6. The summed E-state index contributed by atoms with van der Waals surface area (Å²) in [6.45, 7) is 0.388. The Morgan fingerprint density at radius 1 is 1.32 bits per heavy atom. The maximum absolute atomic E-state index is 12.2. The summed E-state index contributed by atoms with van der Waals surface area (Å²) in [5.74, 6) is 0. The summed E-state index contributed by atoms with van der Waals surface area (Å²) in [7, 11) is -1.71. The molecule has 1 heterocycles. The van der Waals surface area contributed by atoms with Gasteiger partial charge in [-0.05, 0) is 37.0 Å². The Hall–Kier alpha value is -1.50. The van der Waals surface area contributed by atoms with Gasteiger partial charge in [-0.3, -0.25) is 4.98 Å². The van der Waals surface area contributed by atoms with Crippen molar-refractivity contribution in [3.63, 3.8) is 0 Å². The monoisotopic (exact) mass is 319 g/mol. The minimum absolute atomic E-state index is 0.167. The first-order valence-corrected chi connectivity index (χ1v) is 9.06. The summed E-state index contributed by atoms with van der Waals surface area (Å²) in [6.07, 6.45) is 5.49. The molecule has 1 aromatic heterocycles. The van der Waals surface area contributed by atoms with Gasteiger partial charge in [-0.2, -0.15) is 12.7 Å². The van der Waals surface area contributed by atoms with Crippen molar-refractivity contribution in [3.8, 4) is 0 Å². The first-order chi connectivity index (χ1) is 10.6. The van der Waals surface area contributed by atoms with Crippen molar-refractivity contribution in [1.82, 2.24) is 14.0 Å². The lowest BCUT2D eigenvalue weighted by Gasteiger charge is -2.33. The second-order valence-corrected chi connectivity index (χ2v) is 7.60. The molecule has 0 bridgehead atoms. The smallest absolute Gasteiger partial charge is 0.256 e. The van der Waals surface area contributed by atoms with Crippen molar-refractivity contribution in [1.29, 1.82) is 0 Å². The van der Waals surface area contributed by atoms with E-state index in [9.17, 15) is 8.42 Å². The molecule has 1 N–H and O–H groups in total. The summed E-state index contributed by atoms with van der Waals surface area (Å²) >= 11 is 0. The number of nitrogens with one attached hydrogen (secondary N) is 1. The molecule has 2 aromatic rings. The molecule has 1 fully saturated rings. The van der Waals surface area contributed by atoms with E-state index in [-0.39, 0.29) is 6.04 Å². The quantitative estimate of drug-likeness (QED) is 0.887. The number of nitrogens with zero attached hydrogens (tertiary/aromatic N) is 2. The molecule has 1 aromatic carbocycles. The Morgan fingerprint density at radius 2 is 2.09 bits per heavy atom. The normalized spacial score (nSPS) is 16.1. The van der Waals surface area contributed by atoms with E-state index in [1.807, 2.05) is 30.5 Å². The van der Waals surface area contributed by atoms with Gasteiger partial charge in [0.2, 0.25) is 0 Å². The molecule has 0 radical (unpaired) electrons. The van der Waals surface area contributed by atoms with Crippen molar-refractivity contribution in [2.75, 3.05) is 13.6 Å². The van der Waals surface area contributed by atoms with Crippen LogP contribution < -0.4 is 4.72 Å². The predicted octanol–water partition coefficient (Wildman–Crippen LogP) is 2.10. The van der Waals surface area contributed by atoms with Crippen molar-refractivity contribution >= 4 is 21.1 Å². The van der Waals surface area contributed by atoms with Crippen molar-refractivity contribution < 1.29 is 8.42 Å². The Bertz CT molecular complexity index is 757. The van der Waals surface area contributed by atoms with Crippen LogP contribution in [-0.2, 0) is 16.6 Å². The third-order valence-electron chi connectivity index (χ3n) is 4.31. The summed E-state index contributed by atoms with van der Waals surface area (Å²) in [6, 6.07) is 10.1. The minimum Gasteiger partial charge on any atom is -0.256 e. The van der Waals surface area contributed by atoms with Crippen LogP contribution >= 0.6 is 0 Å². The minimum atomic E-state index is -3.37. The van der Waals surface area contributed by atoms with Crippen molar-refractivity contribution in [3.05, 3.63) is 42.1 Å². The van der Waals surface area contributed by atoms with Crippen molar-refractivity contribution in [2.24, 2.45) is 0 Å². The van der Waals surface area contributed by atoms with Gasteiger partial charge in [0.05, 0.1) is 5.52 Å². The molecule has 0 saturated heterocycles. The fourth-order valence-corrected chi connectivity index (χ4v) is 3.79.